The zero-order valence-electron chi connectivity index (χ0n) is 5.51. The molecule has 0 saturated heterocycles. The van der Waals surface area contributed by atoms with Gasteiger partial charge in [-0.3, -0.25) is 0 Å². The molecule has 1 aromatic heterocycles. The van der Waals surface area contributed by atoms with E-state index in [2.05, 4.69) is 11.2 Å². The zero-order valence-corrected chi connectivity index (χ0v) is 6.33. The molecule has 1 radical (unpaired) electrons. The van der Waals surface area contributed by atoms with Crippen molar-refractivity contribution in [3.8, 4) is 0 Å². The van der Waals surface area contributed by atoms with Gasteiger partial charge in [-0.1, -0.05) is 0 Å². The first kappa shape index (κ1) is 6.71. The van der Waals surface area contributed by atoms with Crippen molar-refractivity contribution >= 4 is 11.3 Å². The molecule has 3 heteroatoms. The van der Waals surface area contributed by atoms with Crippen molar-refractivity contribution in [2.45, 2.75) is 19.4 Å². The molecule has 0 atom stereocenters. The van der Waals surface area contributed by atoms with Crippen molar-refractivity contribution in [1.82, 2.24) is 4.98 Å². The summed E-state index contributed by atoms with van der Waals surface area (Å²) in [5.41, 5.74) is 5.43. The third kappa shape index (κ3) is 1.50. The van der Waals surface area contributed by atoms with Gasteiger partial charge in [-0.05, 0) is 13.8 Å². The molecule has 0 aliphatic heterocycles. The average molecular weight is 141 g/mol. The minimum atomic E-state index is -0.301. The molecule has 0 amide bonds. The van der Waals surface area contributed by atoms with E-state index >= 15 is 0 Å². The normalized spacial score (nSPS) is 11.9. The minimum absolute atomic E-state index is 0.301. The third-order valence-electron chi connectivity index (χ3n) is 0.941. The van der Waals surface area contributed by atoms with Gasteiger partial charge < -0.3 is 5.73 Å². The Kier molecular flexibility index (Phi) is 1.55. The SMILES string of the molecule is CC(C)(N)c1n[c]cs1. The second kappa shape index (κ2) is 2.08. The van der Waals surface area contributed by atoms with Crippen molar-refractivity contribution in [1.29, 1.82) is 0 Å². The first-order valence-electron chi connectivity index (χ1n) is 2.71. The van der Waals surface area contributed by atoms with Crippen LogP contribution in [-0.2, 0) is 5.54 Å². The van der Waals surface area contributed by atoms with Gasteiger partial charge >= 0.3 is 0 Å². The van der Waals surface area contributed by atoms with Crippen LogP contribution in [-0.4, -0.2) is 4.98 Å². The third-order valence-corrected chi connectivity index (χ3v) is 2.00. The van der Waals surface area contributed by atoms with Crippen LogP contribution in [0.1, 0.15) is 18.9 Å². The molecule has 2 N–H and O–H groups in total. The highest BCUT2D eigenvalue weighted by Gasteiger charge is 2.15. The van der Waals surface area contributed by atoms with Gasteiger partial charge in [-0.15, -0.1) is 11.3 Å². The Morgan fingerprint density at radius 3 is 2.67 bits per heavy atom. The molecule has 0 fully saturated rings. The zero-order chi connectivity index (χ0) is 6.91. The van der Waals surface area contributed by atoms with Crippen LogP contribution >= 0.6 is 11.3 Å². The molecule has 2 nitrogen and oxygen atoms in total. The summed E-state index contributed by atoms with van der Waals surface area (Å²) in [6.45, 7) is 3.86. The van der Waals surface area contributed by atoms with Crippen LogP contribution in [0.4, 0.5) is 0 Å². The number of rotatable bonds is 1. The minimum Gasteiger partial charge on any atom is -0.320 e. The van der Waals surface area contributed by atoms with Gasteiger partial charge in [0.1, 0.15) is 11.2 Å². The fourth-order valence-corrected chi connectivity index (χ4v) is 1.12. The Morgan fingerprint density at radius 2 is 2.44 bits per heavy atom. The Balaban J connectivity index is 2.90. The Hall–Kier alpha value is -0.410. The largest absolute Gasteiger partial charge is 0.320 e. The number of nitrogens with zero attached hydrogens (tertiary/aromatic N) is 1. The molecule has 0 aliphatic carbocycles. The first-order chi connectivity index (χ1) is 4.11. The monoisotopic (exact) mass is 141 g/mol. The number of thiazole rings is 1. The van der Waals surface area contributed by atoms with Crippen LogP contribution in [0.3, 0.4) is 0 Å². The summed E-state index contributed by atoms with van der Waals surface area (Å²) in [6, 6.07) is 0. The number of hydrogen-bond donors (Lipinski definition) is 1. The first-order valence-corrected chi connectivity index (χ1v) is 3.59. The van der Waals surface area contributed by atoms with E-state index in [-0.39, 0.29) is 5.54 Å². The van der Waals surface area contributed by atoms with Gasteiger partial charge in [0.25, 0.3) is 0 Å². The fraction of sp³-hybridized carbons (Fsp3) is 0.500. The van der Waals surface area contributed by atoms with Crippen LogP contribution in [0.2, 0.25) is 0 Å². The van der Waals surface area contributed by atoms with E-state index in [9.17, 15) is 0 Å². The van der Waals surface area contributed by atoms with Crippen LogP contribution in [0.25, 0.3) is 0 Å². The van der Waals surface area contributed by atoms with Crippen molar-refractivity contribution in [2.24, 2.45) is 5.73 Å². The molecular weight excluding hydrogens is 132 g/mol. The topological polar surface area (TPSA) is 38.9 Å². The van der Waals surface area contributed by atoms with Gasteiger partial charge in [0.2, 0.25) is 0 Å². The fourth-order valence-electron chi connectivity index (χ4n) is 0.489. The summed E-state index contributed by atoms with van der Waals surface area (Å²) in [6.07, 6.45) is 2.72. The summed E-state index contributed by atoms with van der Waals surface area (Å²) >= 11 is 1.54. The molecule has 0 bridgehead atoms. The van der Waals surface area contributed by atoms with E-state index in [1.54, 1.807) is 0 Å². The summed E-state index contributed by atoms with van der Waals surface area (Å²) in [4.78, 5) is 3.96. The summed E-state index contributed by atoms with van der Waals surface area (Å²) in [5.74, 6) is 0. The number of nitrogens with two attached hydrogens (primary N) is 1. The van der Waals surface area contributed by atoms with Gasteiger partial charge in [0.15, 0.2) is 0 Å². The standard InChI is InChI=1S/C6H9N2S/c1-6(2,7)5-8-3-4-9-5/h4H,7H2,1-2H3. The predicted molar refractivity (Wildman–Crippen MR) is 38.2 cm³/mol. The van der Waals surface area contributed by atoms with Crippen LogP contribution < -0.4 is 5.73 Å². The van der Waals surface area contributed by atoms with E-state index in [1.807, 2.05) is 19.2 Å². The number of aromatic nitrogens is 1. The van der Waals surface area contributed by atoms with E-state index in [1.165, 1.54) is 11.3 Å². The molecular formula is C6H9N2S. The maximum atomic E-state index is 5.73. The molecule has 0 unspecified atom stereocenters. The lowest BCUT2D eigenvalue weighted by Gasteiger charge is -2.13. The summed E-state index contributed by atoms with van der Waals surface area (Å²) in [7, 11) is 0. The van der Waals surface area contributed by atoms with Gasteiger partial charge in [0.05, 0.1) is 5.54 Å². The van der Waals surface area contributed by atoms with Crippen molar-refractivity contribution in [3.63, 3.8) is 0 Å². The van der Waals surface area contributed by atoms with Crippen LogP contribution in [0.5, 0.6) is 0 Å². The molecule has 1 aromatic rings. The van der Waals surface area contributed by atoms with Gasteiger partial charge in [-0.25, -0.2) is 4.98 Å². The van der Waals surface area contributed by atoms with Crippen molar-refractivity contribution < 1.29 is 0 Å². The van der Waals surface area contributed by atoms with Crippen LogP contribution in [0, 0.1) is 6.20 Å². The second-order valence-corrected chi connectivity index (χ2v) is 3.36. The summed E-state index contributed by atoms with van der Waals surface area (Å²) in [5, 5.41) is 2.74. The predicted octanol–water partition coefficient (Wildman–Crippen LogP) is 1.14. The maximum Gasteiger partial charge on any atom is 0.113 e. The van der Waals surface area contributed by atoms with Gasteiger partial charge in [-0.2, -0.15) is 0 Å². The highest BCUT2D eigenvalue weighted by molar-refractivity contribution is 7.09. The van der Waals surface area contributed by atoms with E-state index < -0.39 is 0 Å². The smallest absolute Gasteiger partial charge is 0.113 e. The van der Waals surface area contributed by atoms with E-state index in [0.717, 1.165) is 5.01 Å². The lowest BCUT2D eigenvalue weighted by Crippen LogP contribution is -2.28. The molecule has 0 spiro atoms. The second-order valence-electron chi connectivity index (χ2n) is 2.50. The van der Waals surface area contributed by atoms with E-state index in [4.69, 9.17) is 5.73 Å². The molecule has 0 aliphatic rings. The summed E-state index contributed by atoms with van der Waals surface area (Å²) < 4.78 is 0. The molecule has 9 heavy (non-hydrogen) atoms. The molecule has 0 saturated carbocycles. The Bertz CT molecular complexity index is 173. The molecule has 1 rings (SSSR count). The number of hydrogen-bond acceptors (Lipinski definition) is 3. The van der Waals surface area contributed by atoms with Gasteiger partial charge in [0, 0.05) is 5.38 Å². The highest BCUT2D eigenvalue weighted by atomic mass is 32.1. The molecule has 0 aromatic carbocycles. The lowest BCUT2D eigenvalue weighted by atomic mass is 10.1. The Labute approximate surface area is 58.7 Å². The quantitative estimate of drug-likeness (QED) is 0.637. The maximum absolute atomic E-state index is 5.73. The molecule has 1 heterocycles. The lowest BCUT2D eigenvalue weighted by molar-refractivity contribution is 0.550. The van der Waals surface area contributed by atoms with Crippen LogP contribution in [0.15, 0.2) is 5.38 Å². The highest BCUT2D eigenvalue weighted by Crippen LogP contribution is 2.17. The van der Waals surface area contributed by atoms with Crippen molar-refractivity contribution in [2.75, 3.05) is 0 Å². The van der Waals surface area contributed by atoms with Crippen molar-refractivity contribution in [3.05, 3.63) is 16.6 Å². The van der Waals surface area contributed by atoms with E-state index in [0.29, 0.717) is 0 Å². The average Bonchev–Trinajstić information content (AvgIpc) is 2.08. The molecule has 49 valence electrons. The Morgan fingerprint density at radius 1 is 1.78 bits per heavy atom.